The summed E-state index contributed by atoms with van der Waals surface area (Å²) in [5, 5.41) is 2.91. The van der Waals surface area contributed by atoms with E-state index in [1.54, 1.807) is 25.1 Å². The lowest BCUT2D eigenvalue weighted by Crippen LogP contribution is -2.36. The second kappa shape index (κ2) is 6.05. The topological polar surface area (TPSA) is 86.3 Å². The van der Waals surface area contributed by atoms with E-state index >= 15 is 0 Å². The number of amides is 2. The Kier molecular flexibility index (Phi) is 3.61. The van der Waals surface area contributed by atoms with Gasteiger partial charge in [0.2, 0.25) is 18.4 Å². The van der Waals surface area contributed by atoms with Crippen molar-refractivity contribution in [3.8, 4) is 23.0 Å². The average Bonchev–Trinajstić information content (AvgIpc) is 3.17. The Morgan fingerprint density at radius 1 is 1.11 bits per heavy atom. The monoisotopic (exact) mass is 382 g/mol. The molecule has 144 valence electrons. The highest BCUT2D eigenvalue weighted by Crippen LogP contribution is 2.48. The zero-order valence-electron chi connectivity index (χ0n) is 15.4. The summed E-state index contributed by atoms with van der Waals surface area (Å²) in [5.74, 6) is 1.87. The molecule has 2 aromatic rings. The van der Waals surface area contributed by atoms with Crippen molar-refractivity contribution < 1.29 is 28.5 Å². The van der Waals surface area contributed by atoms with E-state index in [-0.39, 0.29) is 37.6 Å². The lowest BCUT2D eigenvalue weighted by molar-refractivity contribution is -0.121. The van der Waals surface area contributed by atoms with Crippen LogP contribution in [0.1, 0.15) is 23.5 Å². The van der Waals surface area contributed by atoms with Gasteiger partial charge in [-0.15, -0.1) is 0 Å². The van der Waals surface area contributed by atoms with Gasteiger partial charge in [-0.2, -0.15) is 0 Å². The molecule has 5 rings (SSSR count). The number of ether oxygens (including phenoxy) is 4. The largest absolute Gasteiger partial charge is 0.493 e. The Labute approximate surface area is 160 Å². The number of benzene rings is 2. The van der Waals surface area contributed by atoms with Crippen molar-refractivity contribution in [1.29, 1.82) is 0 Å². The summed E-state index contributed by atoms with van der Waals surface area (Å²) < 4.78 is 22.0. The van der Waals surface area contributed by atoms with Crippen LogP contribution in [0.2, 0.25) is 0 Å². The minimum absolute atomic E-state index is 0.0149. The average molecular weight is 382 g/mol. The Balaban J connectivity index is 1.65. The molecule has 3 aliphatic rings. The third kappa shape index (κ3) is 2.45. The van der Waals surface area contributed by atoms with E-state index in [4.69, 9.17) is 18.9 Å². The molecule has 0 fully saturated rings. The number of likely N-dealkylation sites (N-methyl/N-ethyl adjacent to an activating group) is 1. The highest BCUT2D eigenvalue weighted by molar-refractivity contribution is 6.00. The molecule has 0 bridgehead atoms. The van der Waals surface area contributed by atoms with Crippen molar-refractivity contribution in [3.63, 3.8) is 0 Å². The van der Waals surface area contributed by atoms with Crippen molar-refractivity contribution >= 4 is 23.2 Å². The number of carbonyl (C=O) groups excluding carboxylic acids is 2. The molecular weight excluding hydrogens is 364 g/mol. The van der Waals surface area contributed by atoms with Crippen molar-refractivity contribution in [2.45, 2.75) is 12.3 Å². The summed E-state index contributed by atoms with van der Waals surface area (Å²) in [6, 6.07) is 7.43. The van der Waals surface area contributed by atoms with Crippen LogP contribution in [0.25, 0.3) is 0 Å². The second-order valence-electron chi connectivity index (χ2n) is 6.91. The first kappa shape index (κ1) is 16.7. The van der Waals surface area contributed by atoms with Crippen molar-refractivity contribution in [1.82, 2.24) is 0 Å². The molecule has 2 amide bonds. The van der Waals surface area contributed by atoms with Gasteiger partial charge in [0.1, 0.15) is 5.75 Å². The van der Waals surface area contributed by atoms with Crippen molar-refractivity contribution in [2.75, 3.05) is 37.8 Å². The number of hydrogen-bond donors (Lipinski definition) is 1. The Morgan fingerprint density at radius 3 is 2.79 bits per heavy atom. The van der Waals surface area contributed by atoms with Gasteiger partial charge in [-0.25, -0.2) is 0 Å². The van der Waals surface area contributed by atoms with Gasteiger partial charge in [-0.3, -0.25) is 9.59 Å². The van der Waals surface area contributed by atoms with Gasteiger partial charge in [-0.1, -0.05) is 0 Å². The first-order valence-corrected chi connectivity index (χ1v) is 8.90. The van der Waals surface area contributed by atoms with Crippen molar-refractivity contribution in [3.05, 3.63) is 35.4 Å². The minimum Gasteiger partial charge on any atom is -0.493 e. The van der Waals surface area contributed by atoms with Crippen LogP contribution in [0.5, 0.6) is 23.0 Å². The van der Waals surface area contributed by atoms with E-state index in [0.29, 0.717) is 34.4 Å². The maximum atomic E-state index is 12.4. The summed E-state index contributed by atoms with van der Waals surface area (Å²) >= 11 is 0. The molecule has 2 aromatic carbocycles. The molecule has 0 aliphatic carbocycles. The highest BCUT2D eigenvalue weighted by Gasteiger charge is 2.33. The van der Waals surface area contributed by atoms with E-state index in [9.17, 15) is 9.59 Å². The quantitative estimate of drug-likeness (QED) is 0.857. The van der Waals surface area contributed by atoms with E-state index in [0.717, 1.165) is 11.1 Å². The summed E-state index contributed by atoms with van der Waals surface area (Å²) in [4.78, 5) is 26.0. The first-order valence-electron chi connectivity index (χ1n) is 8.90. The van der Waals surface area contributed by atoms with E-state index < -0.39 is 0 Å². The molecule has 0 unspecified atom stereocenters. The number of anilines is 2. The lowest BCUT2D eigenvalue weighted by atomic mass is 9.84. The third-order valence-electron chi connectivity index (χ3n) is 5.34. The van der Waals surface area contributed by atoms with E-state index in [2.05, 4.69) is 5.32 Å². The second-order valence-corrected chi connectivity index (χ2v) is 6.91. The van der Waals surface area contributed by atoms with Gasteiger partial charge in [0.05, 0.1) is 12.8 Å². The number of carbonyl (C=O) groups is 2. The summed E-state index contributed by atoms with van der Waals surface area (Å²) in [6.07, 6.45) is 0.271. The van der Waals surface area contributed by atoms with E-state index in [1.807, 2.05) is 18.2 Å². The van der Waals surface area contributed by atoms with Crippen LogP contribution >= 0.6 is 0 Å². The van der Waals surface area contributed by atoms with Crippen LogP contribution in [0.15, 0.2) is 24.3 Å². The Bertz CT molecular complexity index is 1020. The number of rotatable bonds is 2. The lowest BCUT2D eigenvalue weighted by Gasteiger charge is -2.31. The van der Waals surface area contributed by atoms with Gasteiger partial charge in [0, 0.05) is 31.1 Å². The standard InChI is InChI=1S/C20H18N2O6/c1-22-14-5-12-11(10-3-16(25-2)20-17(4-10)27-9-28-20)6-18(23)21-13(12)7-15(14)26-8-19(22)24/h3-5,7,11H,6,8-9H2,1-2H3,(H,21,23)/t11-/m0/s1. The smallest absolute Gasteiger partial charge is 0.264 e. The molecule has 8 heteroatoms. The SMILES string of the molecule is COc1cc([C@@H]2CC(=O)Nc3cc4c(cc32)N(C)C(=O)CO4)cc2c1OCO2. The number of methoxy groups -OCH3 is 1. The molecule has 1 atom stereocenters. The van der Waals surface area contributed by atoms with Crippen LogP contribution < -0.4 is 29.2 Å². The van der Waals surface area contributed by atoms with Crippen LogP contribution in [-0.2, 0) is 9.59 Å². The zero-order chi connectivity index (χ0) is 19.4. The molecule has 1 N–H and O–H groups in total. The fourth-order valence-corrected chi connectivity index (χ4v) is 3.87. The Hall–Kier alpha value is -3.42. The third-order valence-corrected chi connectivity index (χ3v) is 5.34. The first-order chi connectivity index (χ1) is 13.5. The van der Waals surface area contributed by atoms with Gasteiger partial charge in [0.25, 0.3) is 5.91 Å². The fourth-order valence-electron chi connectivity index (χ4n) is 3.87. The molecule has 3 heterocycles. The molecule has 3 aliphatic heterocycles. The predicted octanol–water partition coefficient (Wildman–Crippen LogP) is 2.25. The predicted molar refractivity (Wildman–Crippen MR) is 99.6 cm³/mol. The summed E-state index contributed by atoms with van der Waals surface area (Å²) in [5.41, 5.74) is 3.15. The van der Waals surface area contributed by atoms with Crippen LogP contribution in [0, 0.1) is 0 Å². The molecule has 8 nitrogen and oxygen atoms in total. The van der Waals surface area contributed by atoms with Gasteiger partial charge >= 0.3 is 0 Å². The van der Waals surface area contributed by atoms with Gasteiger partial charge in [-0.05, 0) is 29.3 Å². The molecule has 0 spiro atoms. The summed E-state index contributed by atoms with van der Waals surface area (Å²) in [6.45, 7) is 0.119. The van der Waals surface area contributed by atoms with Crippen LogP contribution in [-0.4, -0.2) is 39.4 Å². The van der Waals surface area contributed by atoms with Crippen molar-refractivity contribution in [2.24, 2.45) is 0 Å². The summed E-state index contributed by atoms with van der Waals surface area (Å²) in [7, 11) is 3.28. The Morgan fingerprint density at radius 2 is 1.96 bits per heavy atom. The molecule has 0 radical (unpaired) electrons. The van der Waals surface area contributed by atoms with Gasteiger partial charge in [0.15, 0.2) is 18.1 Å². The van der Waals surface area contributed by atoms with Gasteiger partial charge < -0.3 is 29.2 Å². The molecule has 0 aromatic heterocycles. The number of nitrogens with one attached hydrogen (secondary N) is 1. The number of hydrogen-bond acceptors (Lipinski definition) is 6. The molecule has 0 saturated heterocycles. The maximum absolute atomic E-state index is 12.4. The van der Waals surface area contributed by atoms with Crippen LogP contribution in [0.4, 0.5) is 11.4 Å². The maximum Gasteiger partial charge on any atom is 0.264 e. The molecule has 0 saturated carbocycles. The molecular formula is C20H18N2O6. The molecule has 28 heavy (non-hydrogen) atoms. The van der Waals surface area contributed by atoms with E-state index in [1.165, 1.54) is 0 Å². The highest BCUT2D eigenvalue weighted by atomic mass is 16.7. The zero-order valence-corrected chi connectivity index (χ0v) is 15.4. The normalized spacial score (nSPS) is 19.5. The number of fused-ring (bicyclic) bond motifs is 3. The number of nitrogens with zero attached hydrogens (tertiary/aromatic N) is 1. The van der Waals surface area contributed by atoms with Crippen LogP contribution in [0.3, 0.4) is 0 Å². The fraction of sp³-hybridized carbons (Fsp3) is 0.300. The minimum atomic E-state index is -0.220.